The van der Waals surface area contributed by atoms with Gasteiger partial charge in [-0.05, 0) is 31.8 Å². The molecule has 1 aromatic heterocycles. The van der Waals surface area contributed by atoms with Crippen molar-refractivity contribution in [1.29, 1.82) is 0 Å². The van der Waals surface area contributed by atoms with Gasteiger partial charge in [-0.3, -0.25) is 5.10 Å². The first-order valence-electron chi connectivity index (χ1n) is 4.53. The molecule has 1 saturated heterocycles. The van der Waals surface area contributed by atoms with Gasteiger partial charge in [-0.15, -0.1) is 23.5 Å². The quantitative estimate of drug-likeness (QED) is 0.779. The van der Waals surface area contributed by atoms with Crippen LogP contribution in [0.15, 0.2) is 0 Å². The van der Waals surface area contributed by atoms with Crippen LogP contribution in [0.1, 0.15) is 28.0 Å². The van der Waals surface area contributed by atoms with Crippen molar-refractivity contribution < 1.29 is 0 Å². The highest BCUT2D eigenvalue weighted by molar-refractivity contribution is 8.16. The number of H-pyrrole nitrogens is 1. The Bertz CT molecular complexity index is 270. The van der Waals surface area contributed by atoms with Gasteiger partial charge in [0.2, 0.25) is 0 Å². The molecule has 1 aliphatic rings. The molecule has 0 radical (unpaired) electrons. The van der Waals surface area contributed by atoms with Crippen molar-refractivity contribution in [2.75, 3.05) is 11.5 Å². The molecule has 4 heteroatoms. The molecular formula is C9H14N2S2. The highest BCUT2D eigenvalue weighted by Gasteiger charge is 2.21. The SMILES string of the molecule is Cc1n[nH]c(C)c1C1SCCCS1. The zero-order valence-corrected chi connectivity index (χ0v) is 9.60. The molecule has 0 unspecified atom stereocenters. The molecule has 1 aliphatic heterocycles. The fourth-order valence-electron chi connectivity index (χ4n) is 1.56. The molecule has 0 atom stereocenters. The second kappa shape index (κ2) is 3.96. The molecule has 0 aromatic carbocycles. The Kier molecular flexibility index (Phi) is 2.89. The minimum atomic E-state index is 0.618. The molecule has 13 heavy (non-hydrogen) atoms. The van der Waals surface area contributed by atoms with Gasteiger partial charge in [-0.1, -0.05) is 0 Å². The van der Waals surface area contributed by atoms with E-state index in [1.165, 1.54) is 34.9 Å². The summed E-state index contributed by atoms with van der Waals surface area (Å²) in [5.74, 6) is 2.59. The van der Waals surface area contributed by atoms with Crippen LogP contribution < -0.4 is 0 Å². The summed E-state index contributed by atoms with van der Waals surface area (Å²) in [6.45, 7) is 4.21. The highest BCUT2D eigenvalue weighted by atomic mass is 32.2. The molecule has 0 spiro atoms. The average molecular weight is 214 g/mol. The Morgan fingerprint density at radius 3 is 2.54 bits per heavy atom. The van der Waals surface area contributed by atoms with Gasteiger partial charge < -0.3 is 0 Å². The third-order valence-electron chi connectivity index (χ3n) is 2.25. The van der Waals surface area contributed by atoms with E-state index in [4.69, 9.17) is 0 Å². The van der Waals surface area contributed by atoms with E-state index in [0.717, 1.165) is 0 Å². The molecule has 72 valence electrons. The van der Waals surface area contributed by atoms with Gasteiger partial charge in [0.05, 0.1) is 10.3 Å². The van der Waals surface area contributed by atoms with Crippen molar-refractivity contribution >= 4 is 23.5 Å². The summed E-state index contributed by atoms with van der Waals surface area (Å²) in [4.78, 5) is 0. The molecule has 1 N–H and O–H groups in total. The zero-order valence-electron chi connectivity index (χ0n) is 7.96. The lowest BCUT2D eigenvalue weighted by Gasteiger charge is -2.21. The summed E-state index contributed by atoms with van der Waals surface area (Å²) in [5.41, 5.74) is 3.84. The predicted octanol–water partition coefficient (Wildman–Crippen LogP) is 2.90. The molecule has 2 rings (SSSR count). The van der Waals surface area contributed by atoms with Crippen LogP contribution in [-0.4, -0.2) is 21.7 Å². The van der Waals surface area contributed by atoms with E-state index in [1.807, 2.05) is 0 Å². The molecule has 2 nitrogen and oxygen atoms in total. The Hall–Kier alpha value is -0.0900. The van der Waals surface area contributed by atoms with Crippen molar-refractivity contribution in [3.05, 3.63) is 17.0 Å². The smallest absolute Gasteiger partial charge is 0.0787 e. The number of aromatic amines is 1. The molecule has 0 aliphatic carbocycles. The van der Waals surface area contributed by atoms with Gasteiger partial charge in [-0.25, -0.2) is 0 Å². The van der Waals surface area contributed by atoms with Crippen molar-refractivity contribution in [2.45, 2.75) is 24.9 Å². The summed E-state index contributed by atoms with van der Waals surface area (Å²) in [7, 11) is 0. The Balaban J connectivity index is 2.22. The summed E-state index contributed by atoms with van der Waals surface area (Å²) in [6, 6.07) is 0. The van der Waals surface area contributed by atoms with E-state index in [9.17, 15) is 0 Å². The fraction of sp³-hybridized carbons (Fsp3) is 0.667. The van der Waals surface area contributed by atoms with Gasteiger partial charge in [-0.2, -0.15) is 5.10 Å². The van der Waals surface area contributed by atoms with Gasteiger partial charge in [0, 0.05) is 11.3 Å². The number of thioether (sulfide) groups is 2. The minimum absolute atomic E-state index is 0.618. The second-order valence-corrected chi connectivity index (χ2v) is 6.00. The summed E-state index contributed by atoms with van der Waals surface area (Å²) >= 11 is 4.10. The van der Waals surface area contributed by atoms with Crippen LogP contribution in [0.2, 0.25) is 0 Å². The molecular weight excluding hydrogens is 200 g/mol. The zero-order chi connectivity index (χ0) is 9.26. The molecule has 0 saturated carbocycles. The number of hydrogen-bond donors (Lipinski definition) is 1. The van der Waals surface area contributed by atoms with Crippen LogP contribution in [0, 0.1) is 13.8 Å². The van der Waals surface area contributed by atoms with Crippen LogP contribution in [0.4, 0.5) is 0 Å². The Morgan fingerprint density at radius 1 is 1.31 bits per heavy atom. The lowest BCUT2D eigenvalue weighted by molar-refractivity contribution is 1.02. The molecule has 0 bridgehead atoms. The Morgan fingerprint density at radius 2 is 2.00 bits per heavy atom. The van der Waals surface area contributed by atoms with E-state index < -0.39 is 0 Å². The third-order valence-corrected chi connectivity index (χ3v) is 5.19. The van der Waals surface area contributed by atoms with Crippen molar-refractivity contribution in [2.24, 2.45) is 0 Å². The largest absolute Gasteiger partial charge is 0.282 e. The van der Waals surface area contributed by atoms with Crippen LogP contribution in [0.5, 0.6) is 0 Å². The summed E-state index contributed by atoms with van der Waals surface area (Å²) < 4.78 is 0.618. The number of nitrogens with zero attached hydrogens (tertiary/aromatic N) is 1. The first-order chi connectivity index (χ1) is 6.29. The lowest BCUT2D eigenvalue weighted by atomic mass is 10.2. The maximum absolute atomic E-state index is 4.24. The Labute approximate surface area is 87.3 Å². The van der Waals surface area contributed by atoms with Gasteiger partial charge in [0.25, 0.3) is 0 Å². The second-order valence-electron chi connectivity index (χ2n) is 3.27. The number of aromatic nitrogens is 2. The van der Waals surface area contributed by atoms with Crippen LogP contribution in [0.25, 0.3) is 0 Å². The van der Waals surface area contributed by atoms with Crippen molar-refractivity contribution in [1.82, 2.24) is 10.2 Å². The van der Waals surface area contributed by atoms with Gasteiger partial charge in [0.1, 0.15) is 0 Å². The highest BCUT2D eigenvalue weighted by Crippen LogP contribution is 2.45. The maximum Gasteiger partial charge on any atom is 0.0787 e. The van der Waals surface area contributed by atoms with E-state index in [1.54, 1.807) is 0 Å². The monoisotopic (exact) mass is 214 g/mol. The summed E-state index contributed by atoms with van der Waals surface area (Å²) in [6.07, 6.45) is 1.35. The van der Waals surface area contributed by atoms with Gasteiger partial charge >= 0.3 is 0 Å². The number of aryl methyl sites for hydroxylation is 2. The standard InChI is InChI=1S/C9H14N2S2/c1-6-8(7(2)11-10-6)9-12-4-3-5-13-9/h9H,3-5H2,1-2H3,(H,10,11). The maximum atomic E-state index is 4.24. The molecule has 1 fully saturated rings. The van der Waals surface area contributed by atoms with E-state index in [-0.39, 0.29) is 0 Å². The normalized spacial score (nSPS) is 19.2. The molecule has 2 heterocycles. The van der Waals surface area contributed by atoms with E-state index >= 15 is 0 Å². The number of rotatable bonds is 1. The van der Waals surface area contributed by atoms with Crippen LogP contribution >= 0.6 is 23.5 Å². The third kappa shape index (κ3) is 1.89. The fourth-order valence-corrected chi connectivity index (χ4v) is 4.78. The van der Waals surface area contributed by atoms with Crippen molar-refractivity contribution in [3.8, 4) is 0 Å². The number of nitrogens with one attached hydrogen (secondary N) is 1. The van der Waals surface area contributed by atoms with E-state index in [2.05, 4.69) is 47.6 Å². The lowest BCUT2D eigenvalue weighted by Crippen LogP contribution is -2.01. The average Bonchev–Trinajstić information content (AvgIpc) is 2.48. The minimum Gasteiger partial charge on any atom is -0.282 e. The number of hydrogen-bond acceptors (Lipinski definition) is 3. The predicted molar refractivity (Wildman–Crippen MR) is 60.3 cm³/mol. The van der Waals surface area contributed by atoms with Crippen LogP contribution in [0.3, 0.4) is 0 Å². The molecule has 0 amide bonds. The molecule has 1 aromatic rings. The van der Waals surface area contributed by atoms with E-state index in [0.29, 0.717) is 4.58 Å². The first kappa shape index (κ1) is 9.46. The first-order valence-corrected chi connectivity index (χ1v) is 6.63. The van der Waals surface area contributed by atoms with Gasteiger partial charge in [0.15, 0.2) is 0 Å². The summed E-state index contributed by atoms with van der Waals surface area (Å²) in [5, 5.41) is 7.30. The van der Waals surface area contributed by atoms with Crippen molar-refractivity contribution in [3.63, 3.8) is 0 Å². The topological polar surface area (TPSA) is 28.7 Å². The van der Waals surface area contributed by atoms with Crippen LogP contribution in [-0.2, 0) is 0 Å².